The number of nitrogens with zero attached hydrogens (tertiary/aromatic N) is 2. The number of alkyl halides is 1. The summed E-state index contributed by atoms with van der Waals surface area (Å²) in [5, 5.41) is 4.30. The van der Waals surface area contributed by atoms with Crippen LogP contribution in [0.2, 0.25) is 0 Å². The number of ether oxygens (including phenoxy) is 2. The van der Waals surface area contributed by atoms with Crippen molar-refractivity contribution in [3.05, 3.63) is 23.8 Å². The summed E-state index contributed by atoms with van der Waals surface area (Å²) in [7, 11) is 1.75. The molecule has 2 heterocycles. The summed E-state index contributed by atoms with van der Waals surface area (Å²) >= 11 is 0. The topological polar surface area (TPSA) is 62.3 Å². The third kappa shape index (κ3) is 1.99. The van der Waals surface area contributed by atoms with Crippen LogP contribution in [0.3, 0.4) is 0 Å². The van der Waals surface area contributed by atoms with Gasteiger partial charge >= 0.3 is 0 Å². The van der Waals surface area contributed by atoms with Gasteiger partial charge in [0, 0.05) is 18.7 Å². The molecule has 3 rings (SSSR count). The maximum Gasteiger partial charge on any atom is 0.170 e. The zero-order valence-corrected chi connectivity index (χ0v) is 10.5. The van der Waals surface area contributed by atoms with Gasteiger partial charge in [-0.3, -0.25) is 4.68 Å². The van der Waals surface area contributed by atoms with E-state index in [1.165, 1.54) is 0 Å². The van der Waals surface area contributed by atoms with Crippen LogP contribution in [0.1, 0.15) is 5.56 Å². The average molecular weight is 263 g/mol. The predicted octanol–water partition coefficient (Wildman–Crippen LogP) is 1.91. The minimum atomic E-state index is -0.564. The van der Waals surface area contributed by atoms with Gasteiger partial charge in [0.25, 0.3) is 0 Å². The molecule has 100 valence electrons. The lowest BCUT2D eigenvalue weighted by Crippen LogP contribution is -2.16. The van der Waals surface area contributed by atoms with Crippen molar-refractivity contribution in [2.24, 2.45) is 7.05 Å². The first-order chi connectivity index (χ1) is 9.19. The van der Waals surface area contributed by atoms with Crippen LogP contribution in [0.15, 0.2) is 18.2 Å². The summed E-state index contributed by atoms with van der Waals surface area (Å²) in [6.07, 6.45) is 0. The quantitative estimate of drug-likeness (QED) is 0.899. The molecule has 0 bridgehead atoms. The molecule has 0 spiro atoms. The van der Waals surface area contributed by atoms with E-state index in [1.807, 2.05) is 0 Å². The van der Waals surface area contributed by atoms with Gasteiger partial charge in [-0.2, -0.15) is 5.10 Å². The van der Waals surface area contributed by atoms with Crippen molar-refractivity contribution >= 4 is 5.82 Å². The Kier molecular flexibility index (Phi) is 2.77. The van der Waals surface area contributed by atoms with Gasteiger partial charge < -0.3 is 15.2 Å². The Morgan fingerprint density at radius 3 is 2.79 bits per heavy atom. The predicted molar refractivity (Wildman–Crippen MR) is 68.9 cm³/mol. The normalized spacial score (nSPS) is 13.6. The molecule has 1 aliphatic heterocycles. The van der Waals surface area contributed by atoms with E-state index >= 15 is 0 Å². The zero-order chi connectivity index (χ0) is 13.4. The van der Waals surface area contributed by atoms with Crippen LogP contribution >= 0.6 is 0 Å². The number of hydrogen-bond donors (Lipinski definition) is 1. The van der Waals surface area contributed by atoms with Crippen LogP contribution in [0.4, 0.5) is 10.2 Å². The van der Waals surface area contributed by atoms with E-state index in [2.05, 4.69) is 5.10 Å². The van der Waals surface area contributed by atoms with Gasteiger partial charge in [0.1, 0.15) is 25.7 Å². The Labute approximate surface area is 109 Å². The van der Waals surface area contributed by atoms with Crippen molar-refractivity contribution in [1.82, 2.24) is 9.78 Å². The van der Waals surface area contributed by atoms with E-state index in [-0.39, 0.29) is 0 Å². The van der Waals surface area contributed by atoms with E-state index < -0.39 is 6.67 Å². The van der Waals surface area contributed by atoms with Gasteiger partial charge in [0.05, 0.1) is 5.69 Å². The fourth-order valence-corrected chi connectivity index (χ4v) is 2.09. The van der Waals surface area contributed by atoms with E-state index in [9.17, 15) is 4.39 Å². The molecule has 0 radical (unpaired) electrons. The minimum absolute atomic E-state index is 0.465. The first-order valence-corrected chi connectivity index (χ1v) is 5.97. The second kappa shape index (κ2) is 4.46. The Morgan fingerprint density at radius 1 is 1.32 bits per heavy atom. The minimum Gasteiger partial charge on any atom is -0.486 e. The Hall–Kier alpha value is -2.24. The maximum absolute atomic E-state index is 12.9. The summed E-state index contributed by atoms with van der Waals surface area (Å²) < 4.78 is 25.6. The molecule has 2 N–H and O–H groups in total. The molecule has 0 unspecified atom stereocenters. The van der Waals surface area contributed by atoms with Crippen molar-refractivity contribution in [1.29, 1.82) is 0 Å². The number of rotatable bonds is 2. The fraction of sp³-hybridized carbons (Fsp3) is 0.308. The number of fused-ring (bicyclic) bond motifs is 1. The van der Waals surface area contributed by atoms with E-state index in [1.54, 1.807) is 29.9 Å². The van der Waals surface area contributed by atoms with Gasteiger partial charge in [0.2, 0.25) is 0 Å². The largest absolute Gasteiger partial charge is 0.486 e. The monoisotopic (exact) mass is 263 g/mol. The third-order valence-electron chi connectivity index (χ3n) is 3.05. The number of nitrogen functional groups attached to an aromatic ring is 1. The summed E-state index contributed by atoms with van der Waals surface area (Å²) in [6, 6.07) is 5.11. The molecule has 0 atom stereocenters. The van der Waals surface area contributed by atoms with Crippen LogP contribution < -0.4 is 15.2 Å². The molecule has 6 heteroatoms. The molecule has 1 aromatic carbocycles. The van der Waals surface area contributed by atoms with Crippen LogP contribution in [0.25, 0.3) is 11.3 Å². The smallest absolute Gasteiger partial charge is 0.170 e. The van der Waals surface area contributed by atoms with E-state index in [4.69, 9.17) is 15.2 Å². The molecular weight excluding hydrogens is 249 g/mol. The number of aromatic nitrogens is 2. The highest BCUT2D eigenvalue weighted by molar-refractivity contribution is 5.74. The Morgan fingerprint density at radius 2 is 2.11 bits per heavy atom. The fourth-order valence-electron chi connectivity index (χ4n) is 2.09. The van der Waals surface area contributed by atoms with Crippen LogP contribution in [-0.4, -0.2) is 23.0 Å². The number of aryl methyl sites for hydroxylation is 1. The number of anilines is 1. The highest BCUT2D eigenvalue weighted by atomic mass is 19.1. The van der Waals surface area contributed by atoms with Crippen LogP contribution in [0, 0.1) is 0 Å². The van der Waals surface area contributed by atoms with Gasteiger partial charge in [-0.25, -0.2) is 4.39 Å². The summed E-state index contributed by atoms with van der Waals surface area (Å²) in [6.45, 7) is 0.371. The standard InChI is InChI=1S/C13H14FN3O2/c1-17-12(15)6-10(16-17)9-4-8(7-14)5-11-13(9)19-3-2-18-11/h4-6H,2-3,7,15H2,1H3. The summed E-state index contributed by atoms with van der Waals surface area (Å²) in [5.41, 5.74) is 7.67. The molecule has 1 aromatic heterocycles. The van der Waals surface area contributed by atoms with Crippen molar-refractivity contribution in [2.75, 3.05) is 18.9 Å². The molecule has 0 amide bonds. The highest BCUT2D eigenvalue weighted by Gasteiger charge is 2.20. The number of hydrogen-bond acceptors (Lipinski definition) is 4. The lowest BCUT2D eigenvalue weighted by atomic mass is 10.1. The van der Waals surface area contributed by atoms with Crippen LogP contribution in [0.5, 0.6) is 11.5 Å². The van der Waals surface area contributed by atoms with Crippen molar-refractivity contribution in [2.45, 2.75) is 6.67 Å². The van der Waals surface area contributed by atoms with Gasteiger partial charge in [0.15, 0.2) is 11.5 Å². The summed E-state index contributed by atoms with van der Waals surface area (Å²) in [4.78, 5) is 0. The molecule has 2 aromatic rings. The average Bonchev–Trinajstić information content (AvgIpc) is 2.77. The number of nitrogens with two attached hydrogens (primary N) is 1. The Balaban J connectivity index is 2.18. The number of benzene rings is 1. The van der Waals surface area contributed by atoms with Gasteiger partial charge in [-0.1, -0.05) is 0 Å². The van der Waals surface area contributed by atoms with Gasteiger partial charge in [-0.15, -0.1) is 0 Å². The second-order valence-electron chi connectivity index (χ2n) is 4.38. The molecule has 0 aliphatic carbocycles. The highest BCUT2D eigenvalue weighted by Crippen LogP contribution is 2.41. The maximum atomic E-state index is 12.9. The van der Waals surface area contributed by atoms with Gasteiger partial charge in [-0.05, 0) is 17.7 Å². The SMILES string of the molecule is Cn1nc(-c2cc(CF)cc3c2OCCO3)cc1N. The molecule has 1 aliphatic rings. The summed E-state index contributed by atoms with van der Waals surface area (Å²) in [5.74, 6) is 1.69. The van der Waals surface area contributed by atoms with E-state index in [0.717, 1.165) is 0 Å². The zero-order valence-electron chi connectivity index (χ0n) is 10.5. The lowest BCUT2D eigenvalue weighted by molar-refractivity contribution is 0.172. The lowest BCUT2D eigenvalue weighted by Gasteiger charge is -2.21. The van der Waals surface area contributed by atoms with Crippen molar-refractivity contribution < 1.29 is 13.9 Å². The third-order valence-corrected chi connectivity index (χ3v) is 3.05. The first kappa shape index (κ1) is 11.8. The van der Waals surface area contributed by atoms with Crippen molar-refractivity contribution in [3.63, 3.8) is 0 Å². The molecule has 5 nitrogen and oxygen atoms in total. The molecule has 0 saturated carbocycles. The molecule has 0 fully saturated rings. The molecule has 0 saturated heterocycles. The molecule has 19 heavy (non-hydrogen) atoms. The molecular formula is C13H14FN3O2. The first-order valence-electron chi connectivity index (χ1n) is 5.97. The van der Waals surface area contributed by atoms with E-state index in [0.29, 0.717) is 47.4 Å². The van der Waals surface area contributed by atoms with Crippen molar-refractivity contribution in [3.8, 4) is 22.8 Å². The Bertz CT molecular complexity index is 605. The van der Waals surface area contributed by atoms with Crippen LogP contribution in [-0.2, 0) is 13.7 Å². The number of halogens is 1. The second-order valence-corrected chi connectivity index (χ2v) is 4.38.